The van der Waals surface area contributed by atoms with Gasteiger partial charge in [-0.25, -0.2) is 14.6 Å². The number of thioether (sulfide) groups is 1. The van der Waals surface area contributed by atoms with E-state index in [1.54, 1.807) is 24.3 Å². The zero-order chi connectivity index (χ0) is 28.9. The Hall–Kier alpha value is -4.32. The van der Waals surface area contributed by atoms with E-state index in [1.807, 2.05) is 6.07 Å². The molecule has 2 aliphatic heterocycles. The van der Waals surface area contributed by atoms with E-state index in [0.29, 0.717) is 17.1 Å². The first-order valence-electron chi connectivity index (χ1n) is 10.5. The predicted octanol–water partition coefficient (Wildman–Crippen LogP) is 1.35. The van der Waals surface area contributed by atoms with Gasteiger partial charge in [0.15, 0.2) is 10.8 Å². The Balaban J connectivity index is 0.000000532. The fourth-order valence-corrected chi connectivity index (χ4v) is 5.18. The number of oxime groups is 1. The van der Waals surface area contributed by atoms with E-state index in [1.165, 1.54) is 17.1 Å². The van der Waals surface area contributed by atoms with Crippen LogP contribution in [0.4, 0.5) is 18.3 Å². The lowest BCUT2D eigenvalue weighted by atomic mass is 10.0. The number of hydrogen-bond acceptors (Lipinski definition) is 11. The van der Waals surface area contributed by atoms with Crippen LogP contribution < -0.4 is 15.8 Å². The number of amides is 2. The number of para-hydroxylation sites is 1. The Morgan fingerprint density at radius 2 is 1.87 bits per heavy atom. The molecule has 4 rings (SSSR count). The lowest BCUT2D eigenvalue weighted by molar-refractivity contribution is -0.192. The molecule has 13 nitrogen and oxygen atoms in total. The fraction of sp³-hybridized carbons (Fsp3) is 0.238. The van der Waals surface area contributed by atoms with Gasteiger partial charge in [-0.1, -0.05) is 23.4 Å². The summed E-state index contributed by atoms with van der Waals surface area (Å²) in [7, 11) is 0. The van der Waals surface area contributed by atoms with E-state index in [9.17, 15) is 37.9 Å². The normalized spacial score (nSPS) is 18.8. The number of rotatable bonds is 7. The van der Waals surface area contributed by atoms with E-state index in [4.69, 9.17) is 20.4 Å². The molecule has 1 aromatic carbocycles. The number of benzene rings is 1. The van der Waals surface area contributed by atoms with Gasteiger partial charge < -0.3 is 31.2 Å². The largest absolute Gasteiger partial charge is 0.490 e. The van der Waals surface area contributed by atoms with Crippen molar-refractivity contribution >= 4 is 57.7 Å². The zero-order valence-electron chi connectivity index (χ0n) is 19.3. The number of halogens is 3. The van der Waals surface area contributed by atoms with Crippen LogP contribution >= 0.6 is 23.1 Å². The lowest BCUT2D eigenvalue weighted by Gasteiger charge is -2.49. The van der Waals surface area contributed by atoms with Crippen LogP contribution in [0.25, 0.3) is 0 Å². The molecule has 1 fully saturated rings. The third-order valence-corrected chi connectivity index (χ3v) is 7.03. The van der Waals surface area contributed by atoms with Crippen molar-refractivity contribution in [3.05, 3.63) is 52.7 Å². The fourth-order valence-electron chi connectivity index (χ4n) is 3.30. The number of fused-ring (bicyclic) bond motifs is 1. The summed E-state index contributed by atoms with van der Waals surface area (Å²) in [5.41, 5.74) is 5.52. The van der Waals surface area contributed by atoms with Crippen molar-refractivity contribution in [1.29, 1.82) is 0 Å². The van der Waals surface area contributed by atoms with E-state index in [2.05, 4.69) is 15.5 Å². The van der Waals surface area contributed by atoms with Crippen molar-refractivity contribution in [3.8, 4) is 5.75 Å². The molecular weight excluding hydrogens is 571 g/mol. The minimum absolute atomic E-state index is 0.0126. The number of nitrogen functional groups attached to an aromatic ring is 1. The van der Waals surface area contributed by atoms with E-state index in [-0.39, 0.29) is 23.1 Å². The number of nitrogens with two attached hydrogens (primary N) is 1. The summed E-state index contributed by atoms with van der Waals surface area (Å²) < 4.78 is 37.4. The van der Waals surface area contributed by atoms with Gasteiger partial charge in [0.1, 0.15) is 35.2 Å². The van der Waals surface area contributed by atoms with Crippen LogP contribution in [-0.2, 0) is 19.2 Å². The standard InChI is InChI=1S/C19H17N5O6S2.C2HF3O2/c20-19-21-11(8-32-19)12(23-29)15(25)22-13-16(26)24-14(18(27)28)9(7-31-17(13)24)6-30-10-4-2-1-3-5-10;3-2(4,5)1(6)7/h1-5,8,13,17,29H,6-7H2,(H2,20,21)(H,22,25)(H,27,28);(H,6,7)/b23-12-;/t13?,17-;/m1./s1. The Morgan fingerprint density at radius 3 is 2.38 bits per heavy atom. The number of carbonyl (C=O) groups excluding carboxylic acids is 2. The minimum Gasteiger partial charge on any atom is -0.489 e. The molecular formula is C21H18F3N5O8S2. The van der Waals surface area contributed by atoms with Gasteiger partial charge in [-0.2, -0.15) is 13.2 Å². The molecule has 2 atom stereocenters. The zero-order valence-corrected chi connectivity index (χ0v) is 20.9. The maximum atomic E-state index is 12.7. The van der Waals surface area contributed by atoms with Gasteiger partial charge in [0.05, 0.1) is 0 Å². The second-order valence-electron chi connectivity index (χ2n) is 7.54. The summed E-state index contributed by atoms with van der Waals surface area (Å²) in [4.78, 5) is 51.1. The maximum absolute atomic E-state index is 12.7. The number of β-lactam (4-membered cyclic amide) rings is 1. The molecule has 3 heterocycles. The number of thiazole rings is 1. The number of aromatic nitrogens is 1. The van der Waals surface area contributed by atoms with Crippen molar-refractivity contribution in [3.63, 3.8) is 0 Å². The summed E-state index contributed by atoms with van der Waals surface area (Å²) in [5.74, 6) is -4.53. The van der Waals surface area contributed by atoms with Crippen LogP contribution in [0.15, 0.2) is 52.1 Å². The smallest absolute Gasteiger partial charge is 0.489 e. The molecule has 6 N–H and O–H groups in total. The average molecular weight is 590 g/mol. The Labute approximate surface area is 224 Å². The molecule has 1 saturated heterocycles. The first-order valence-corrected chi connectivity index (χ1v) is 12.4. The second-order valence-corrected chi connectivity index (χ2v) is 9.54. The second kappa shape index (κ2) is 12.0. The number of carboxylic acid groups (broad SMARTS) is 2. The average Bonchev–Trinajstić information content (AvgIpc) is 3.31. The molecule has 18 heteroatoms. The first kappa shape index (κ1) is 29.2. The summed E-state index contributed by atoms with van der Waals surface area (Å²) in [6.45, 7) is 0.0126. The molecule has 0 aliphatic carbocycles. The number of nitrogens with zero attached hydrogens (tertiary/aromatic N) is 3. The first-order chi connectivity index (χ1) is 18.3. The van der Waals surface area contributed by atoms with Gasteiger partial charge in [-0.3, -0.25) is 14.5 Å². The molecule has 1 aromatic heterocycles. The molecule has 2 aromatic rings. The van der Waals surface area contributed by atoms with E-state index < -0.39 is 47.1 Å². The number of nitrogens with one attached hydrogen (secondary N) is 1. The minimum atomic E-state index is -5.08. The van der Waals surface area contributed by atoms with E-state index in [0.717, 1.165) is 16.2 Å². The number of hydrogen-bond donors (Lipinski definition) is 5. The van der Waals surface area contributed by atoms with Crippen LogP contribution in [0, 0.1) is 0 Å². The van der Waals surface area contributed by atoms with Crippen LogP contribution in [0.5, 0.6) is 5.75 Å². The monoisotopic (exact) mass is 589 g/mol. The molecule has 0 saturated carbocycles. The number of carboxylic acids is 2. The van der Waals surface area contributed by atoms with E-state index >= 15 is 0 Å². The van der Waals surface area contributed by atoms with Crippen LogP contribution in [0.2, 0.25) is 0 Å². The highest BCUT2D eigenvalue weighted by atomic mass is 32.2. The van der Waals surface area contributed by atoms with Crippen molar-refractivity contribution < 1.29 is 52.5 Å². The SMILES string of the molecule is Nc1nc(/C(=N/O)C(=O)NC2C(=O)N3C(C(=O)O)=C(COc4ccccc4)CS[C@H]23)cs1.O=C(O)C(F)(F)F. The number of ether oxygens (including phenoxy) is 1. The summed E-state index contributed by atoms with van der Waals surface area (Å²) in [6.07, 6.45) is -5.08. The molecule has 0 radical (unpaired) electrons. The van der Waals surface area contributed by atoms with Crippen LogP contribution in [-0.4, -0.2) is 84.7 Å². The third-order valence-electron chi connectivity index (χ3n) is 5.01. The number of alkyl halides is 3. The number of carbonyl (C=O) groups is 4. The van der Waals surface area contributed by atoms with Crippen LogP contribution in [0.3, 0.4) is 0 Å². The van der Waals surface area contributed by atoms with Gasteiger partial charge in [0, 0.05) is 16.7 Å². The van der Waals surface area contributed by atoms with Gasteiger partial charge >= 0.3 is 18.1 Å². The summed E-state index contributed by atoms with van der Waals surface area (Å²) in [5, 5.41) is 32.5. The summed E-state index contributed by atoms with van der Waals surface area (Å²) in [6, 6.07) is 7.94. The Morgan fingerprint density at radius 1 is 1.23 bits per heavy atom. The van der Waals surface area contributed by atoms with Crippen molar-refractivity contribution in [2.75, 3.05) is 18.1 Å². The van der Waals surface area contributed by atoms with Gasteiger partial charge in [0.25, 0.3) is 11.8 Å². The Kier molecular flexibility index (Phi) is 9.02. The molecule has 2 amide bonds. The Bertz CT molecular complexity index is 1330. The molecule has 208 valence electrons. The quantitative estimate of drug-likeness (QED) is 0.135. The highest BCUT2D eigenvalue weighted by molar-refractivity contribution is 8.00. The molecule has 1 unspecified atom stereocenters. The van der Waals surface area contributed by atoms with Gasteiger partial charge in [0.2, 0.25) is 0 Å². The highest BCUT2D eigenvalue weighted by Gasteiger charge is 2.54. The molecule has 0 spiro atoms. The highest BCUT2D eigenvalue weighted by Crippen LogP contribution is 2.40. The number of aliphatic carboxylic acids is 2. The maximum Gasteiger partial charge on any atom is 0.490 e. The van der Waals surface area contributed by atoms with Gasteiger partial charge in [-0.05, 0) is 12.1 Å². The predicted molar refractivity (Wildman–Crippen MR) is 130 cm³/mol. The van der Waals surface area contributed by atoms with Crippen molar-refractivity contribution in [2.45, 2.75) is 17.6 Å². The topological polar surface area (TPSA) is 205 Å². The molecule has 0 bridgehead atoms. The molecule has 2 aliphatic rings. The summed E-state index contributed by atoms with van der Waals surface area (Å²) >= 11 is 2.37. The van der Waals surface area contributed by atoms with Gasteiger partial charge in [-0.15, -0.1) is 23.1 Å². The van der Waals surface area contributed by atoms with Crippen molar-refractivity contribution in [2.24, 2.45) is 5.16 Å². The van der Waals surface area contributed by atoms with Crippen molar-refractivity contribution in [1.82, 2.24) is 15.2 Å². The molecule has 39 heavy (non-hydrogen) atoms. The number of anilines is 1. The third kappa shape index (κ3) is 6.77. The lowest BCUT2D eigenvalue weighted by Crippen LogP contribution is -2.71. The van der Waals surface area contributed by atoms with Crippen LogP contribution in [0.1, 0.15) is 5.69 Å².